The van der Waals surface area contributed by atoms with Crippen LogP contribution in [0.4, 0.5) is 11.4 Å². The number of nitro benzene ring substituents is 1. The summed E-state index contributed by atoms with van der Waals surface area (Å²) >= 11 is 0. The van der Waals surface area contributed by atoms with Gasteiger partial charge in [0.2, 0.25) is 5.91 Å². The second-order valence-corrected chi connectivity index (χ2v) is 6.45. The van der Waals surface area contributed by atoms with E-state index in [1.807, 2.05) is 43.3 Å². The first-order chi connectivity index (χ1) is 13.9. The number of benzene rings is 2. The Morgan fingerprint density at radius 2 is 1.90 bits per heavy atom. The van der Waals surface area contributed by atoms with E-state index in [1.165, 1.54) is 24.3 Å². The molecule has 2 rings (SSSR count). The minimum absolute atomic E-state index is 0.147. The SMILES string of the molecule is CN(C)c1ccc(/C=N/NC(=O)CCCNC(=O)c2cccc([N+](=O)[O-])c2)cc1. The van der Waals surface area contributed by atoms with Crippen molar-refractivity contribution in [3.05, 3.63) is 69.8 Å². The van der Waals surface area contributed by atoms with Crippen molar-refractivity contribution in [1.82, 2.24) is 10.7 Å². The van der Waals surface area contributed by atoms with E-state index in [0.717, 1.165) is 11.3 Å². The van der Waals surface area contributed by atoms with Gasteiger partial charge in [-0.2, -0.15) is 5.10 Å². The van der Waals surface area contributed by atoms with Crippen LogP contribution in [-0.4, -0.2) is 43.6 Å². The van der Waals surface area contributed by atoms with Crippen LogP contribution in [-0.2, 0) is 4.79 Å². The number of carbonyl (C=O) groups is 2. The number of hydrogen-bond donors (Lipinski definition) is 2. The molecule has 29 heavy (non-hydrogen) atoms. The number of amides is 2. The van der Waals surface area contributed by atoms with Crippen molar-refractivity contribution in [3.63, 3.8) is 0 Å². The van der Waals surface area contributed by atoms with Crippen molar-refractivity contribution in [1.29, 1.82) is 0 Å². The molecular weight excluding hydrogens is 374 g/mol. The second-order valence-electron chi connectivity index (χ2n) is 6.45. The van der Waals surface area contributed by atoms with E-state index in [-0.39, 0.29) is 30.1 Å². The summed E-state index contributed by atoms with van der Waals surface area (Å²) in [5.41, 5.74) is 4.43. The Bertz CT molecular complexity index is 894. The summed E-state index contributed by atoms with van der Waals surface area (Å²) in [7, 11) is 3.91. The Labute approximate surface area is 168 Å². The molecule has 2 aromatic carbocycles. The highest BCUT2D eigenvalue weighted by atomic mass is 16.6. The summed E-state index contributed by atoms with van der Waals surface area (Å²) < 4.78 is 0. The van der Waals surface area contributed by atoms with E-state index in [9.17, 15) is 19.7 Å². The average molecular weight is 397 g/mol. The lowest BCUT2D eigenvalue weighted by Crippen LogP contribution is -2.26. The van der Waals surface area contributed by atoms with Crippen LogP contribution in [0.3, 0.4) is 0 Å². The summed E-state index contributed by atoms with van der Waals surface area (Å²) in [6, 6.07) is 13.2. The highest BCUT2D eigenvalue weighted by molar-refractivity contribution is 5.94. The van der Waals surface area contributed by atoms with Gasteiger partial charge in [0.25, 0.3) is 11.6 Å². The molecule has 0 saturated carbocycles. The number of nitro groups is 1. The monoisotopic (exact) mass is 397 g/mol. The third-order valence-electron chi connectivity index (χ3n) is 4.00. The Balaban J connectivity index is 1.69. The second kappa shape index (κ2) is 10.5. The number of rotatable bonds is 9. The van der Waals surface area contributed by atoms with Gasteiger partial charge in [-0.25, -0.2) is 5.43 Å². The molecule has 0 spiro atoms. The Kier molecular flexibility index (Phi) is 7.84. The molecule has 0 aromatic heterocycles. The normalized spacial score (nSPS) is 10.6. The van der Waals surface area contributed by atoms with Crippen LogP contribution in [0.15, 0.2) is 53.6 Å². The molecule has 0 radical (unpaired) electrons. The van der Waals surface area contributed by atoms with Crippen molar-refractivity contribution in [2.24, 2.45) is 5.10 Å². The van der Waals surface area contributed by atoms with E-state index >= 15 is 0 Å². The predicted molar refractivity (Wildman–Crippen MR) is 111 cm³/mol. The lowest BCUT2D eigenvalue weighted by molar-refractivity contribution is -0.384. The molecule has 9 nitrogen and oxygen atoms in total. The Hall–Kier alpha value is -3.75. The first-order valence-electron chi connectivity index (χ1n) is 8.99. The van der Waals surface area contributed by atoms with E-state index in [4.69, 9.17) is 0 Å². The quantitative estimate of drug-likeness (QED) is 0.291. The molecule has 0 aliphatic rings. The van der Waals surface area contributed by atoms with E-state index < -0.39 is 10.8 Å². The standard InChI is InChI=1S/C20H23N5O4/c1-24(2)17-10-8-15(9-11-17)14-22-23-19(26)7-4-12-21-20(27)16-5-3-6-18(13-16)25(28)29/h3,5-6,8-11,13-14H,4,7,12H2,1-2H3,(H,21,27)(H,23,26)/b22-14+. The third kappa shape index (κ3) is 7.06. The van der Waals surface area contributed by atoms with Gasteiger partial charge in [-0.15, -0.1) is 0 Å². The van der Waals surface area contributed by atoms with Crippen molar-refractivity contribution < 1.29 is 14.5 Å². The average Bonchev–Trinajstić information content (AvgIpc) is 2.71. The van der Waals surface area contributed by atoms with Crippen molar-refractivity contribution in [2.75, 3.05) is 25.5 Å². The minimum Gasteiger partial charge on any atom is -0.378 e. The molecule has 0 fully saturated rings. The van der Waals surface area contributed by atoms with Gasteiger partial charge in [0.1, 0.15) is 0 Å². The maximum absolute atomic E-state index is 12.0. The van der Waals surface area contributed by atoms with E-state index in [0.29, 0.717) is 6.42 Å². The highest BCUT2D eigenvalue weighted by Gasteiger charge is 2.11. The van der Waals surface area contributed by atoms with Crippen LogP contribution < -0.4 is 15.6 Å². The summed E-state index contributed by atoms with van der Waals surface area (Å²) in [6.07, 6.45) is 2.16. The van der Waals surface area contributed by atoms with Gasteiger partial charge in [0.05, 0.1) is 11.1 Å². The van der Waals surface area contributed by atoms with E-state index in [1.54, 1.807) is 6.21 Å². The third-order valence-corrected chi connectivity index (χ3v) is 4.00. The van der Waals surface area contributed by atoms with Crippen LogP contribution in [0.5, 0.6) is 0 Å². The van der Waals surface area contributed by atoms with Gasteiger partial charge in [-0.05, 0) is 30.2 Å². The zero-order chi connectivity index (χ0) is 21.2. The van der Waals surface area contributed by atoms with Gasteiger partial charge in [0.15, 0.2) is 0 Å². The molecule has 2 N–H and O–H groups in total. The van der Waals surface area contributed by atoms with Gasteiger partial charge in [0, 0.05) is 50.4 Å². The van der Waals surface area contributed by atoms with Crippen molar-refractivity contribution in [2.45, 2.75) is 12.8 Å². The van der Waals surface area contributed by atoms with Crippen LogP contribution in [0.1, 0.15) is 28.8 Å². The molecular formula is C20H23N5O4. The molecule has 2 amide bonds. The van der Waals surface area contributed by atoms with Crippen LogP contribution >= 0.6 is 0 Å². The molecule has 2 aromatic rings. The highest BCUT2D eigenvalue weighted by Crippen LogP contribution is 2.13. The first-order valence-corrected chi connectivity index (χ1v) is 8.99. The molecule has 9 heteroatoms. The maximum Gasteiger partial charge on any atom is 0.270 e. The van der Waals surface area contributed by atoms with Crippen LogP contribution in [0, 0.1) is 10.1 Å². The number of nitrogens with zero attached hydrogens (tertiary/aromatic N) is 3. The molecule has 0 aliphatic heterocycles. The zero-order valence-corrected chi connectivity index (χ0v) is 16.3. The summed E-state index contributed by atoms with van der Waals surface area (Å²) in [4.78, 5) is 36.0. The van der Waals surface area contributed by atoms with E-state index in [2.05, 4.69) is 15.8 Å². The molecule has 0 atom stereocenters. The predicted octanol–water partition coefficient (Wildman–Crippen LogP) is 2.32. The lowest BCUT2D eigenvalue weighted by atomic mass is 10.2. The van der Waals surface area contributed by atoms with Gasteiger partial charge in [-0.3, -0.25) is 19.7 Å². The molecule has 152 valence electrons. The summed E-state index contributed by atoms with van der Waals surface area (Å²) in [6.45, 7) is 0.269. The molecule has 0 aliphatic carbocycles. The summed E-state index contributed by atoms with van der Waals surface area (Å²) in [5, 5.41) is 17.3. The number of nitrogens with one attached hydrogen (secondary N) is 2. The number of hydrogen-bond acceptors (Lipinski definition) is 6. The fourth-order valence-corrected chi connectivity index (χ4v) is 2.41. The molecule has 0 saturated heterocycles. The fourth-order valence-electron chi connectivity index (χ4n) is 2.41. The van der Waals surface area contributed by atoms with Crippen LogP contribution in [0.25, 0.3) is 0 Å². The largest absolute Gasteiger partial charge is 0.378 e. The Morgan fingerprint density at radius 3 is 2.55 bits per heavy atom. The molecule has 0 unspecified atom stereocenters. The van der Waals surface area contributed by atoms with Gasteiger partial charge < -0.3 is 10.2 Å². The maximum atomic E-state index is 12.0. The van der Waals surface area contributed by atoms with Gasteiger partial charge in [-0.1, -0.05) is 18.2 Å². The number of anilines is 1. The van der Waals surface area contributed by atoms with Crippen molar-refractivity contribution in [3.8, 4) is 0 Å². The summed E-state index contributed by atoms with van der Waals surface area (Å²) in [5.74, 6) is -0.691. The smallest absolute Gasteiger partial charge is 0.270 e. The minimum atomic E-state index is -0.557. The Morgan fingerprint density at radius 1 is 1.17 bits per heavy atom. The number of carbonyl (C=O) groups excluding carboxylic acids is 2. The number of non-ortho nitro benzene ring substituents is 1. The van der Waals surface area contributed by atoms with Gasteiger partial charge >= 0.3 is 0 Å². The molecule has 0 heterocycles. The van der Waals surface area contributed by atoms with Crippen LogP contribution in [0.2, 0.25) is 0 Å². The number of hydrazone groups is 1. The zero-order valence-electron chi connectivity index (χ0n) is 16.3. The first kappa shape index (κ1) is 21.5. The molecule has 0 bridgehead atoms. The van der Waals surface area contributed by atoms with Crippen molar-refractivity contribution >= 4 is 29.4 Å². The lowest BCUT2D eigenvalue weighted by Gasteiger charge is -2.11. The topological polar surface area (TPSA) is 117 Å². The fraction of sp³-hybridized carbons (Fsp3) is 0.250.